The predicted octanol–water partition coefficient (Wildman–Crippen LogP) is 0.619. The molecular formula is C12H17N3O5S. The van der Waals surface area contributed by atoms with Crippen molar-refractivity contribution in [2.75, 3.05) is 13.7 Å². The molecule has 1 unspecified atom stereocenters. The largest absolute Gasteiger partial charge is 0.497 e. The quantitative estimate of drug-likeness (QED) is 0.561. The third kappa shape index (κ3) is 3.69. The summed E-state index contributed by atoms with van der Waals surface area (Å²) in [6, 6.07) is 3.33. The van der Waals surface area contributed by atoms with Crippen molar-refractivity contribution in [2.45, 2.75) is 23.8 Å². The number of rotatable bonds is 7. The second-order valence-electron chi connectivity index (χ2n) is 4.94. The Bertz CT molecular complexity index is 642. The maximum Gasteiger partial charge on any atom is 0.293 e. The zero-order chi connectivity index (χ0) is 15.6. The Kier molecular flexibility index (Phi) is 4.45. The minimum Gasteiger partial charge on any atom is -0.497 e. The monoisotopic (exact) mass is 315 g/mol. The summed E-state index contributed by atoms with van der Waals surface area (Å²) in [6.45, 7) is 0.0657. The molecule has 0 spiro atoms. The van der Waals surface area contributed by atoms with Gasteiger partial charge in [0.15, 0.2) is 4.90 Å². The van der Waals surface area contributed by atoms with Gasteiger partial charge in [-0.3, -0.25) is 10.1 Å². The maximum atomic E-state index is 12.2. The van der Waals surface area contributed by atoms with Gasteiger partial charge in [0.25, 0.3) is 5.69 Å². The lowest BCUT2D eigenvalue weighted by Gasteiger charge is -2.12. The van der Waals surface area contributed by atoms with E-state index in [0.717, 1.165) is 25.0 Å². The molecule has 8 nitrogen and oxygen atoms in total. The van der Waals surface area contributed by atoms with Crippen LogP contribution in [0.4, 0.5) is 5.69 Å². The number of nitrogens with zero attached hydrogens (tertiary/aromatic N) is 1. The lowest BCUT2D eigenvalue weighted by atomic mass is 10.2. The second-order valence-corrected chi connectivity index (χ2v) is 6.68. The topological polar surface area (TPSA) is 125 Å². The van der Waals surface area contributed by atoms with Crippen molar-refractivity contribution in [1.82, 2.24) is 4.72 Å². The minimum absolute atomic E-state index is 0.0657. The summed E-state index contributed by atoms with van der Waals surface area (Å²) in [5, 5.41) is 11.0. The first-order valence-electron chi connectivity index (χ1n) is 6.43. The van der Waals surface area contributed by atoms with E-state index in [1.165, 1.54) is 13.2 Å². The van der Waals surface area contributed by atoms with Crippen LogP contribution in [0.2, 0.25) is 0 Å². The van der Waals surface area contributed by atoms with Crippen molar-refractivity contribution in [2.24, 2.45) is 11.7 Å². The number of methoxy groups -OCH3 is 1. The third-order valence-electron chi connectivity index (χ3n) is 3.39. The van der Waals surface area contributed by atoms with E-state index in [1.54, 1.807) is 0 Å². The fourth-order valence-corrected chi connectivity index (χ4v) is 3.19. The van der Waals surface area contributed by atoms with E-state index in [1.807, 2.05) is 0 Å². The normalized spacial score (nSPS) is 16.5. The summed E-state index contributed by atoms with van der Waals surface area (Å²) in [5.74, 6) is 0.550. The van der Waals surface area contributed by atoms with Gasteiger partial charge in [-0.05, 0) is 30.9 Å². The zero-order valence-corrected chi connectivity index (χ0v) is 12.3. The summed E-state index contributed by atoms with van der Waals surface area (Å²) in [6.07, 6.45) is 1.98. The maximum absolute atomic E-state index is 12.2. The summed E-state index contributed by atoms with van der Waals surface area (Å²) in [7, 11) is -2.64. The number of nitrogens with two attached hydrogens (primary N) is 1. The highest BCUT2D eigenvalue weighted by Crippen LogP contribution is 2.32. The molecule has 1 aromatic rings. The molecule has 0 amide bonds. The third-order valence-corrected chi connectivity index (χ3v) is 4.86. The molecule has 1 aliphatic carbocycles. The number of nitrogens with one attached hydrogen (secondary N) is 1. The van der Waals surface area contributed by atoms with Gasteiger partial charge >= 0.3 is 0 Å². The van der Waals surface area contributed by atoms with Crippen LogP contribution < -0.4 is 15.2 Å². The molecule has 0 radical (unpaired) electrons. The van der Waals surface area contributed by atoms with Gasteiger partial charge in [0.1, 0.15) is 5.75 Å². The molecule has 3 N–H and O–H groups in total. The molecule has 0 heterocycles. The van der Waals surface area contributed by atoms with E-state index in [9.17, 15) is 18.5 Å². The second kappa shape index (κ2) is 5.96. The average molecular weight is 315 g/mol. The number of nitro groups is 1. The minimum atomic E-state index is -3.99. The van der Waals surface area contributed by atoms with Crippen molar-refractivity contribution in [1.29, 1.82) is 0 Å². The van der Waals surface area contributed by atoms with Crippen molar-refractivity contribution < 1.29 is 18.1 Å². The van der Waals surface area contributed by atoms with Crippen molar-refractivity contribution in [3.05, 3.63) is 28.3 Å². The zero-order valence-electron chi connectivity index (χ0n) is 11.5. The standard InChI is InChI=1S/C12H17N3O5S/c1-20-9-4-5-12(11(6-9)15(16)17)21(18,19)14-7-10(13)8-2-3-8/h4-6,8,10,14H,2-3,7,13H2,1H3. The lowest BCUT2D eigenvalue weighted by Crippen LogP contribution is -2.38. The van der Waals surface area contributed by atoms with Gasteiger partial charge in [0.05, 0.1) is 18.1 Å². The highest BCUT2D eigenvalue weighted by atomic mass is 32.2. The molecule has 1 aromatic carbocycles. The molecule has 2 rings (SSSR count). The van der Waals surface area contributed by atoms with E-state index in [2.05, 4.69) is 4.72 Å². The molecule has 9 heteroatoms. The Morgan fingerprint density at radius 2 is 2.19 bits per heavy atom. The highest BCUT2D eigenvalue weighted by molar-refractivity contribution is 7.89. The first-order chi connectivity index (χ1) is 9.85. The SMILES string of the molecule is COc1ccc(S(=O)(=O)NCC(N)C2CC2)c([N+](=O)[O-])c1. The number of hydrogen-bond donors (Lipinski definition) is 2. The number of ether oxygens (including phenoxy) is 1. The van der Waals surface area contributed by atoms with Gasteiger partial charge in [0.2, 0.25) is 10.0 Å². The van der Waals surface area contributed by atoms with Crippen LogP contribution in [0.25, 0.3) is 0 Å². The van der Waals surface area contributed by atoms with Crippen molar-refractivity contribution >= 4 is 15.7 Å². The first kappa shape index (κ1) is 15.7. The molecule has 0 aromatic heterocycles. The van der Waals surface area contributed by atoms with Crippen molar-refractivity contribution in [3.63, 3.8) is 0 Å². The fraction of sp³-hybridized carbons (Fsp3) is 0.500. The van der Waals surface area contributed by atoms with E-state index < -0.39 is 25.5 Å². The lowest BCUT2D eigenvalue weighted by molar-refractivity contribution is -0.387. The average Bonchev–Trinajstić information content (AvgIpc) is 3.28. The number of nitro benzene ring substituents is 1. The molecule has 1 atom stereocenters. The van der Waals surface area contributed by atoms with Gasteiger partial charge in [-0.15, -0.1) is 0 Å². The van der Waals surface area contributed by atoms with Gasteiger partial charge in [-0.25, -0.2) is 13.1 Å². The molecule has 0 saturated heterocycles. The first-order valence-corrected chi connectivity index (χ1v) is 7.91. The Morgan fingerprint density at radius 1 is 1.52 bits per heavy atom. The van der Waals surface area contributed by atoms with Crippen LogP contribution >= 0.6 is 0 Å². The van der Waals surface area contributed by atoms with Gasteiger partial charge in [-0.2, -0.15) is 0 Å². The van der Waals surface area contributed by atoms with Crippen LogP contribution in [0.15, 0.2) is 23.1 Å². The van der Waals surface area contributed by atoms with E-state index in [0.29, 0.717) is 5.92 Å². The van der Waals surface area contributed by atoms with Crippen LogP contribution in [0.3, 0.4) is 0 Å². The molecule has 1 saturated carbocycles. The van der Waals surface area contributed by atoms with Crippen LogP contribution in [0, 0.1) is 16.0 Å². The molecule has 0 bridgehead atoms. The smallest absolute Gasteiger partial charge is 0.293 e. The van der Waals surface area contributed by atoms with E-state index in [-0.39, 0.29) is 18.3 Å². The van der Waals surface area contributed by atoms with Crippen LogP contribution in [-0.2, 0) is 10.0 Å². The van der Waals surface area contributed by atoms with Crippen LogP contribution in [-0.4, -0.2) is 33.0 Å². The summed E-state index contributed by atoms with van der Waals surface area (Å²) >= 11 is 0. The molecule has 1 fully saturated rings. The molecule has 21 heavy (non-hydrogen) atoms. The van der Waals surface area contributed by atoms with Crippen LogP contribution in [0.1, 0.15) is 12.8 Å². The molecule has 0 aliphatic heterocycles. The van der Waals surface area contributed by atoms with Gasteiger partial charge in [-0.1, -0.05) is 0 Å². The van der Waals surface area contributed by atoms with Gasteiger partial charge in [0, 0.05) is 12.6 Å². The summed E-state index contributed by atoms with van der Waals surface area (Å²) < 4.78 is 31.6. The fourth-order valence-electron chi connectivity index (χ4n) is 1.97. The predicted molar refractivity (Wildman–Crippen MR) is 75.5 cm³/mol. The summed E-state index contributed by atoms with van der Waals surface area (Å²) in [4.78, 5) is 9.88. The van der Waals surface area contributed by atoms with Crippen molar-refractivity contribution in [3.8, 4) is 5.75 Å². The highest BCUT2D eigenvalue weighted by Gasteiger charge is 2.31. The van der Waals surface area contributed by atoms with Gasteiger partial charge < -0.3 is 10.5 Å². The molecule has 1 aliphatic rings. The van der Waals surface area contributed by atoms with E-state index in [4.69, 9.17) is 10.5 Å². The van der Waals surface area contributed by atoms with E-state index >= 15 is 0 Å². The molecule has 116 valence electrons. The number of benzene rings is 1. The molecular weight excluding hydrogens is 298 g/mol. The Labute approximate surface area is 122 Å². The number of sulfonamides is 1. The summed E-state index contributed by atoms with van der Waals surface area (Å²) in [5.41, 5.74) is 5.30. The Hall–Kier alpha value is -1.71. The number of hydrogen-bond acceptors (Lipinski definition) is 6. The Morgan fingerprint density at radius 3 is 2.71 bits per heavy atom. The Balaban J connectivity index is 2.23. The van der Waals surface area contributed by atoms with Crippen LogP contribution in [0.5, 0.6) is 5.75 Å².